The number of ether oxygens (including phenoxy) is 1. The maximum Gasteiger partial charge on any atom is 0.347 e. The van der Waals surface area contributed by atoms with Gasteiger partial charge in [0.15, 0.2) is 5.60 Å². The van der Waals surface area contributed by atoms with Gasteiger partial charge in [0.1, 0.15) is 11.6 Å². The minimum absolute atomic E-state index is 0.103. The van der Waals surface area contributed by atoms with E-state index < -0.39 is 17.4 Å². The van der Waals surface area contributed by atoms with Gasteiger partial charge in [-0.2, -0.15) is 0 Å². The van der Waals surface area contributed by atoms with Crippen LogP contribution >= 0.6 is 11.6 Å². The molecule has 0 heterocycles. The molecule has 0 fully saturated rings. The SMILES string of the molecule is CC(C)(Oc1ccc(F)c(Cl)c1)C(=O)O. The van der Waals surface area contributed by atoms with E-state index in [0.29, 0.717) is 0 Å². The Kier molecular flexibility index (Phi) is 3.19. The molecule has 0 spiro atoms. The van der Waals surface area contributed by atoms with Crippen molar-refractivity contribution in [2.24, 2.45) is 0 Å². The highest BCUT2D eigenvalue weighted by molar-refractivity contribution is 6.30. The average molecular weight is 233 g/mol. The molecule has 0 radical (unpaired) electrons. The Balaban J connectivity index is 2.91. The van der Waals surface area contributed by atoms with Gasteiger partial charge in [-0.05, 0) is 26.0 Å². The van der Waals surface area contributed by atoms with E-state index in [1.807, 2.05) is 0 Å². The van der Waals surface area contributed by atoms with Crippen LogP contribution in [0.25, 0.3) is 0 Å². The Morgan fingerprint density at radius 1 is 1.53 bits per heavy atom. The highest BCUT2D eigenvalue weighted by atomic mass is 35.5. The monoisotopic (exact) mass is 232 g/mol. The third-order valence-electron chi connectivity index (χ3n) is 1.78. The lowest BCUT2D eigenvalue weighted by Crippen LogP contribution is -2.37. The first-order chi connectivity index (χ1) is 6.83. The first kappa shape index (κ1) is 11.8. The Morgan fingerprint density at radius 2 is 2.13 bits per heavy atom. The van der Waals surface area contributed by atoms with E-state index in [-0.39, 0.29) is 10.8 Å². The molecule has 0 unspecified atom stereocenters. The molecule has 0 amide bonds. The molecule has 1 rings (SSSR count). The number of carboxylic acid groups (broad SMARTS) is 1. The first-order valence-corrected chi connectivity index (χ1v) is 4.58. The van der Waals surface area contributed by atoms with Gasteiger partial charge in [-0.3, -0.25) is 0 Å². The summed E-state index contributed by atoms with van der Waals surface area (Å²) in [6, 6.07) is 3.68. The van der Waals surface area contributed by atoms with Gasteiger partial charge >= 0.3 is 5.97 Å². The maximum atomic E-state index is 12.8. The van der Waals surface area contributed by atoms with Gasteiger partial charge in [0.05, 0.1) is 5.02 Å². The van der Waals surface area contributed by atoms with Gasteiger partial charge in [0.25, 0.3) is 0 Å². The molecule has 0 aliphatic rings. The predicted octanol–water partition coefficient (Wildman–Crippen LogP) is 2.72. The van der Waals surface area contributed by atoms with Crippen LogP contribution in [0.2, 0.25) is 5.02 Å². The fraction of sp³-hybridized carbons (Fsp3) is 0.300. The van der Waals surface area contributed by atoms with Crippen LogP contribution in [0.5, 0.6) is 5.75 Å². The van der Waals surface area contributed by atoms with Crippen LogP contribution in [0.15, 0.2) is 18.2 Å². The van der Waals surface area contributed by atoms with Crippen molar-refractivity contribution in [3.63, 3.8) is 0 Å². The van der Waals surface area contributed by atoms with E-state index in [1.165, 1.54) is 26.0 Å². The summed E-state index contributed by atoms with van der Waals surface area (Å²) in [7, 11) is 0. The lowest BCUT2D eigenvalue weighted by molar-refractivity contribution is -0.152. The van der Waals surface area contributed by atoms with Gasteiger partial charge in [-0.25, -0.2) is 9.18 Å². The minimum Gasteiger partial charge on any atom is -0.478 e. The van der Waals surface area contributed by atoms with Gasteiger partial charge in [-0.15, -0.1) is 0 Å². The molecule has 82 valence electrons. The lowest BCUT2D eigenvalue weighted by Gasteiger charge is -2.21. The average Bonchev–Trinajstić information content (AvgIpc) is 2.10. The molecule has 5 heteroatoms. The maximum absolute atomic E-state index is 12.8. The second kappa shape index (κ2) is 4.06. The summed E-state index contributed by atoms with van der Waals surface area (Å²) in [5, 5.41) is 8.69. The van der Waals surface area contributed by atoms with Crippen molar-refractivity contribution < 1.29 is 19.0 Å². The molecule has 1 N–H and O–H groups in total. The zero-order valence-electron chi connectivity index (χ0n) is 8.25. The molecule has 15 heavy (non-hydrogen) atoms. The van der Waals surface area contributed by atoms with Crippen LogP contribution in [0, 0.1) is 5.82 Å². The number of rotatable bonds is 3. The summed E-state index contributed by atoms with van der Waals surface area (Å²) in [4.78, 5) is 10.7. The highest BCUT2D eigenvalue weighted by Gasteiger charge is 2.29. The fourth-order valence-corrected chi connectivity index (χ4v) is 1.05. The third-order valence-corrected chi connectivity index (χ3v) is 2.07. The van der Waals surface area contributed by atoms with E-state index in [4.69, 9.17) is 21.4 Å². The normalized spacial score (nSPS) is 11.2. The summed E-state index contributed by atoms with van der Waals surface area (Å²) in [5.74, 6) is -1.46. The van der Waals surface area contributed by atoms with E-state index >= 15 is 0 Å². The van der Waals surface area contributed by atoms with E-state index in [1.54, 1.807) is 0 Å². The highest BCUT2D eigenvalue weighted by Crippen LogP contribution is 2.24. The quantitative estimate of drug-likeness (QED) is 0.872. The summed E-state index contributed by atoms with van der Waals surface area (Å²) in [6.07, 6.45) is 0. The van der Waals surface area contributed by atoms with Crippen LogP contribution in [0.1, 0.15) is 13.8 Å². The standard InChI is InChI=1S/C10H10ClFO3/c1-10(2,9(13)14)15-6-3-4-8(12)7(11)5-6/h3-5H,1-2H3,(H,13,14). The molecule has 0 aliphatic carbocycles. The molecular formula is C10H10ClFO3. The van der Waals surface area contributed by atoms with E-state index in [0.717, 1.165) is 6.07 Å². The zero-order valence-corrected chi connectivity index (χ0v) is 9.01. The Bertz CT molecular complexity index is 390. The summed E-state index contributed by atoms with van der Waals surface area (Å²) in [5.41, 5.74) is -1.37. The zero-order chi connectivity index (χ0) is 11.6. The van der Waals surface area contributed by atoms with Crippen molar-refractivity contribution in [3.8, 4) is 5.75 Å². The van der Waals surface area contributed by atoms with Crippen molar-refractivity contribution in [1.29, 1.82) is 0 Å². The molecular weight excluding hydrogens is 223 g/mol. The molecule has 0 aliphatic heterocycles. The fourth-order valence-electron chi connectivity index (χ4n) is 0.879. The Labute approximate surface area is 91.4 Å². The van der Waals surface area contributed by atoms with Crippen LogP contribution in [0.4, 0.5) is 4.39 Å². The van der Waals surface area contributed by atoms with Crippen LogP contribution < -0.4 is 4.74 Å². The smallest absolute Gasteiger partial charge is 0.347 e. The molecule has 0 atom stereocenters. The molecule has 0 saturated heterocycles. The first-order valence-electron chi connectivity index (χ1n) is 4.20. The molecule has 0 saturated carbocycles. The van der Waals surface area contributed by atoms with Crippen molar-refractivity contribution >= 4 is 17.6 Å². The largest absolute Gasteiger partial charge is 0.478 e. The van der Waals surface area contributed by atoms with Crippen molar-refractivity contribution in [2.45, 2.75) is 19.4 Å². The number of halogens is 2. The molecule has 1 aromatic rings. The number of benzene rings is 1. The van der Waals surface area contributed by atoms with E-state index in [9.17, 15) is 9.18 Å². The van der Waals surface area contributed by atoms with Crippen molar-refractivity contribution in [3.05, 3.63) is 29.0 Å². The third kappa shape index (κ3) is 2.83. The summed E-state index contributed by atoms with van der Waals surface area (Å²) < 4.78 is 17.9. The Hall–Kier alpha value is -1.29. The van der Waals surface area contributed by atoms with Crippen molar-refractivity contribution in [2.75, 3.05) is 0 Å². The van der Waals surface area contributed by atoms with Crippen LogP contribution in [0.3, 0.4) is 0 Å². The van der Waals surface area contributed by atoms with Gasteiger partial charge in [0, 0.05) is 6.07 Å². The lowest BCUT2D eigenvalue weighted by atomic mass is 10.1. The Morgan fingerprint density at radius 3 is 2.60 bits per heavy atom. The predicted molar refractivity (Wildman–Crippen MR) is 53.8 cm³/mol. The number of carboxylic acids is 1. The number of aliphatic carboxylic acids is 1. The topological polar surface area (TPSA) is 46.5 Å². The van der Waals surface area contributed by atoms with Crippen molar-refractivity contribution in [1.82, 2.24) is 0 Å². The summed E-state index contributed by atoms with van der Waals surface area (Å²) >= 11 is 5.52. The molecule has 3 nitrogen and oxygen atoms in total. The van der Waals surface area contributed by atoms with Gasteiger partial charge in [0.2, 0.25) is 0 Å². The number of hydrogen-bond acceptors (Lipinski definition) is 2. The second-order valence-corrected chi connectivity index (χ2v) is 3.90. The number of carbonyl (C=O) groups is 1. The molecule has 0 bridgehead atoms. The number of hydrogen-bond donors (Lipinski definition) is 1. The molecule has 0 aromatic heterocycles. The van der Waals surface area contributed by atoms with E-state index in [2.05, 4.69) is 0 Å². The molecule has 1 aromatic carbocycles. The summed E-state index contributed by atoms with van der Waals surface area (Å²) in [6.45, 7) is 2.79. The van der Waals surface area contributed by atoms with Gasteiger partial charge < -0.3 is 9.84 Å². The second-order valence-electron chi connectivity index (χ2n) is 3.49. The van der Waals surface area contributed by atoms with Crippen LogP contribution in [-0.4, -0.2) is 16.7 Å². The van der Waals surface area contributed by atoms with Gasteiger partial charge in [-0.1, -0.05) is 11.6 Å². The minimum atomic E-state index is -1.37. The van der Waals surface area contributed by atoms with Crippen LogP contribution in [-0.2, 0) is 4.79 Å².